The Morgan fingerprint density at radius 2 is 1.86 bits per heavy atom. The Balaban J connectivity index is 0.00000441. The van der Waals surface area contributed by atoms with Gasteiger partial charge in [0.15, 0.2) is 0 Å². The van der Waals surface area contributed by atoms with Crippen molar-refractivity contribution in [2.45, 2.75) is 31.0 Å². The van der Waals surface area contributed by atoms with Crippen LogP contribution in [0.4, 0.5) is 13.2 Å². The van der Waals surface area contributed by atoms with Crippen molar-refractivity contribution < 1.29 is 21.6 Å². The minimum atomic E-state index is -4.66. The van der Waals surface area contributed by atoms with E-state index in [9.17, 15) is 21.6 Å². The standard InChI is InChI=1S/C12H16ClF3N2O2S.ClH/c1-3-17-8(2)7-18-21(19,20)11-5-9(12(14,15)16)4-10(13)6-11;/h4-6,8,17-18H,3,7H2,1-2H3;1H/t8-;/m1./s1. The normalized spacial score (nSPS) is 13.5. The van der Waals surface area contributed by atoms with E-state index in [1.807, 2.05) is 6.92 Å². The third-order valence-corrected chi connectivity index (χ3v) is 4.26. The molecule has 1 rings (SSSR count). The van der Waals surface area contributed by atoms with E-state index in [1.54, 1.807) is 6.92 Å². The Kier molecular flexibility index (Phi) is 8.15. The number of halogens is 5. The van der Waals surface area contributed by atoms with Crippen molar-refractivity contribution in [3.63, 3.8) is 0 Å². The minimum absolute atomic E-state index is 0. The highest BCUT2D eigenvalue weighted by atomic mass is 35.5. The molecule has 0 aliphatic heterocycles. The number of rotatable bonds is 6. The quantitative estimate of drug-likeness (QED) is 0.797. The summed E-state index contributed by atoms with van der Waals surface area (Å²) in [6, 6.07) is 2.08. The van der Waals surface area contributed by atoms with E-state index in [4.69, 9.17) is 11.6 Å². The Hall–Kier alpha value is -0.540. The highest BCUT2D eigenvalue weighted by Gasteiger charge is 2.32. The lowest BCUT2D eigenvalue weighted by Crippen LogP contribution is -2.38. The number of benzene rings is 1. The van der Waals surface area contributed by atoms with Gasteiger partial charge in [0.1, 0.15) is 0 Å². The molecule has 0 saturated heterocycles. The van der Waals surface area contributed by atoms with Gasteiger partial charge in [-0.1, -0.05) is 18.5 Å². The highest BCUT2D eigenvalue weighted by Crippen LogP contribution is 2.32. The molecule has 0 heterocycles. The van der Waals surface area contributed by atoms with Crippen LogP contribution >= 0.6 is 24.0 Å². The second-order valence-electron chi connectivity index (χ2n) is 4.48. The Morgan fingerprint density at radius 3 is 2.36 bits per heavy atom. The lowest BCUT2D eigenvalue weighted by molar-refractivity contribution is -0.137. The highest BCUT2D eigenvalue weighted by molar-refractivity contribution is 7.89. The average molecular weight is 381 g/mol. The Morgan fingerprint density at radius 1 is 1.27 bits per heavy atom. The lowest BCUT2D eigenvalue weighted by atomic mass is 10.2. The second kappa shape index (κ2) is 8.35. The first-order valence-corrected chi connectivity index (χ1v) is 8.03. The molecule has 0 spiro atoms. The van der Waals surface area contributed by atoms with Crippen LogP contribution in [0.25, 0.3) is 0 Å². The molecular weight excluding hydrogens is 364 g/mol. The lowest BCUT2D eigenvalue weighted by Gasteiger charge is -2.15. The summed E-state index contributed by atoms with van der Waals surface area (Å²) in [7, 11) is -4.05. The summed E-state index contributed by atoms with van der Waals surface area (Å²) in [5, 5.41) is 2.70. The van der Waals surface area contributed by atoms with Gasteiger partial charge in [-0.05, 0) is 31.7 Å². The molecule has 0 saturated carbocycles. The van der Waals surface area contributed by atoms with Crippen LogP contribution in [-0.2, 0) is 16.2 Å². The van der Waals surface area contributed by atoms with Gasteiger partial charge in [0.25, 0.3) is 0 Å². The van der Waals surface area contributed by atoms with E-state index in [-0.39, 0.29) is 30.0 Å². The SMILES string of the molecule is CCN[C@H](C)CNS(=O)(=O)c1cc(Cl)cc(C(F)(F)F)c1.Cl. The molecule has 2 N–H and O–H groups in total. The molecule has 0 radical (unpaired) electrons. The van der Waals surface area contributed by atoms with Crippen molar-refractivity contribution >= 4 is 34.0 Å². The van der Waals surface area contributed by atoms with Crippen molar-refractivity contribution in [3.05, 3.63) is 28.8 Å². The van der Waals surface area contributed by atoms with Crippen LogP contribution in [0.1, 0.15) is 19.4 Å². The molecular formula is C12H17Cl2F3N2O2S. The smallest absolute Gasteiger partial charge is 0.313 e. The molecule has 0 amide bonds. The second-order valence-corrected chi connectivity index (χ2v) is 6.69. The number of nitrogens with one attached hydrogen (secondary N) is 2. The summed E-state index contributed by atoms with van der Waals surface area (Å²) in [5.41, 5.74) is -1.10. The summed E-state index contributed by atoms with van der Waals surface area (Å²) < 4.78 is 64.3. The molecule has 1 atom stereocenters. The zero-order chi connectivity index (χ0) is 16.3. The number of sulfonamides is 1. The molecule has 1 aromatic rings. The maximum atomic E-state index is 12.7. The van der Waals surface area contributed by atoms with E-state index in [1.165, 1.54) is 0 Å². The van der Waals surface area contributed by atoms with Gasteiger partial charge in [0.2, 0.25) is 10.0 Å². The van der Waals surface area contributed by atoms with Crippen molar-refractivity contribution in [2.24, 2.45) is 0 Å². The first-order valence-electron chi connectivity index (χ1n) is 6.17. The van der Waals surface area contributed by atoms with Crippen molar-refractivity contribution in [1.29, 1.82) is 0 Å². The van der Waals surface area contributed by atoms with Crippen LogP contribution in [0.5, 0.6) is 0 Å². The molecule has 0 unspecified atom stereocenters. The fourth-order valence-corrected chi connectivity index (χ4v) is 3.12. The number of hydrogen-bond donors (Lipinski definition) is 2. The van der Waals surface area contributed by atoms with Crippen LogP contribution in [0.3, 0.4) is 0 Å². The molecule has 4 nitrogen and oxygen atoms in total. The average Bonchev–Trinajstić information content (AvgIpc) is 2.35. The number of alkyl halides is 3. The number of likely N-dealkylation sites (N-methyl/N-ethyl adjacent to an activating group) is 1. The monoisotopic (exact) mass is 380 g/mol. The van der Waals surface area contributed by atoms with Gasteiger partial charge in [-0.25, -0.2) is 13.1 Å². The molecule has 22 heavy (non-hydrogen) atoms. The molecule has 128 valence electrons. The summed E-state index contributed by atoms with van der Waals surface area (Å²) in [4.78, 5) is -0.508. The maximum absolute atomic E-state index is 12.7. The van der Waals surface area contributed by atoms with Gasteiger partial charge in [0.05, 0.1) is 10.5 Å². The third kappa shape index (κ3) is 6.29. The zero-order valence-electron chi connectivity index (χ0n) is 11.9. The van der Waals surface area contributed by atoms with E-state index in [0.29, 0.717) is 18.7 Å². The molecule has 0 bridgehead atoms. The fourth-order valence-electron chi connectivity index (χ4n) is 1.62. The summed E-state index contributed by atoms with van der Waals surface area (Å²) >= 11 is 5.57. The van der Waals surface area contributed by atoms with Crippen LogP contribution in [-0.4, -0.2) is 27.5 Å². The van der Waals surface area contributed by atoms with Crippen LogP contribution in [0.15, 0.2) is 23.1 Å². The summed E-state index contributed by atoms with van der Waals surface area (Å²) in [6.07, 6.45) is -4.66. The maximum Gasteiger partial charge on any atom is 0.416 e. The predicted molar refractivity (Wildman–Crippen MR) is 82.0 cm³/mol. The molecule has 0 aliphatic carbocycles. The van der Waals surface area contributed by atoms with Crippen molar-refractivity contribution in [2.75, 3.05) is 13.1 Å². The largest absolute Gasteiger partial charge is 0.416 e. The predicted octanol–water partition coefficient (Wildman–Crippen LogP) is 3.06. The van der Waals surface area contributed by atoms with E-state index < -0.39 is 26.7 Å². The molecule has 0 fully saturated rings. The molecule has 10 heteroatoms. The van der Waals surface area contributed by atoms with Gasteiger partial charge in [-0.2, -0.15) is 13.2 Å². The first-order chi connectivity index (χ1) is 9.56. The van der Waals surface area contributed by atoms with Crippen LogP contribution in [0.2, 0.25) is 5.02 Å². The Bertz CT molecular complexity index is 595. The fraction of sp³-hybridized carbons (Fsp3) is 0.500. The van der Waals surface area contributed by atoms with Crippen molar-refractivity contribution in [1.82, 2.24) is 10.0 Å². The van der Waals surface area contributed by atoms with Crippen LogP contribution in [0, 0.1) is 0 Å². The molecule has 0 aromatic heterocycles. The summed E-state index contributed by atoms with van der Waals surface area (Å²) in [6.45, 7) is 4.32. The third-order valence-electron chi connectivity index (χ3n) is 2.64. The van der Waals surface area contributed by atoms with Crippen LogP contribution < -0.4 is 10.0 Å². The summed E-state index contributed by atoms with van der Waals surface area (Å²) in [5.74, 6) is 0. The minimum Gasteiger partial charge on any atom is -0.313 e. The molecule has 1 aromatic carbocycles. The van der Waals surface area contributed by atoms with E-state index in [2.05, 4.69) is 10.0 Å². The zero-order valence-corrected chi connectivity index (χ0v) is 14.3. The van der Waals surface area contributed by atoms with Gasteiger partial charge in [0, 0.05) is 17.6 Å². The van der Waals surface area contributed by atoms with E-state index in [0.717, 1.165) is 6.07 Å². The topological polar surface area (TPSA) is 58.2 Å². The number of hydrogen-bond acceptors (Lipinski definition) is 3. The van der Waals surface area contributed by atoms with Gasteiger partial charge < -0.3 is 5.32 Å². The van der Waals surface area contributed by atoms with E-state index >= 15 is 0 Å². The van der Waals surface area contributed by atoms with Gasteiger partial charge in [-0.15, -0.1) is 12.4 Å². The Labute approximate surface area is 138 Å². The molecule has 0 aliphatic rings. The van der Waals surface area contributed by atoms with Gasteiger partial charge >= 0.3 is 6.18 Å². The van der Waals surface area contributed by atoms with Gasteiger partial charge in [-0.3, -0.25) is 0 Å². The first kappa shape index (κ1) is 21.5. The van der Waals surface area contributed by atoms with Crippen molar-refractivity contribution in [3.8, 4) is 0 Å².